The number of para-hydroxylation sites is 2. The van der Waals surface area contributed by atoms with Crippen LogP contribution >= 0.6 is 15.9 Å². The molecule has 1 saturated heterocycles. The fourth-order valence-electron chi connectivity index (χ4n) is 2.37. The second-order valence-corrected chi connectivity index (χ2v) is 5.64. The van der Waals surface area contributed by atoms with E-state index in [1.54, 1.807) is 12.1 Å². The van der Waals surface area contributed by atoms with Gasteiger partial charge in [0.15, 0.2) is 0 Å². The third kappa shape index (κ3) is 2.69. The number of nitrogens with zero attached hydrogens (tertiary/aromatic N) is 1. The van der Waals surface area contributed by atoms with Gasteiger partial charge in [0, 0.05) is 10.2 Å². The molecule has 2 aromatic carbocycles. The van der Waals surface area contributed by atoms with Crippen molar-refractivity contribution in [3.05, 3.63) is 59.1 Å². The highest BCUT2D eigenvalue weighted by atomic mass is 79.9. The molecular formula is C16H13BrN2O2. The highest BCUT2D eigenvalue weighted by Crippen LogP contribution is 2.30. The molecule has 106 valence electrons. The van der Waals surface area contributed by atoms with E-state index in [0.717, 1.165) is 10.2 Å². The number of hydrogen-bond donors (Lipinski definition) is 1. The molecule has 3 rings (SSSR count). The molecule has 0 aromatic heterocycles. The van der Waals surface area contributed by atoms with Crippen LogP contribution in [-0.4, -0.2) is 17.9 Å². The number of rotatable bonds is 3. The van der Waals surface area contributed by atoms with Crippen molar-refractivity contribution in [2.45, 2.75) is 12.5 Å². The first kappa shape index (κ1) is 13.8. The van der Waals surface area contributed by atoms with E-state index >= 15 is 0 Å². The lowest BCUT2D eigenvalue weighted by molar-refractivity contribution is -0.121. The largest absolute Gasteiger partial charge is 0.373 e. The average Bonchev–Trinajstić information content (AvgIpc) is 2.76. The van der Waals surface area contributed by atoms with E-state index in [1.807, 2.05) is 42.5 Å². The molecule has 1 heterocycles. The summed E-state index contributed by atoms with van der Waals surface area (Å²) in [5, 5.41) is 3.11. The van der Waals surface area contributed by atoms with Gasteiger partial charge in [-0.05, 0) is 40.2 Å². The molecule has 5 heteroatoms. The van der Waals surface area contributed by atoms with Gasteiger partial charge in [-0.1, -0.05) is 30.3 Å². The number of imide groups is 1. The Kier molecular flexibility index (Phi) is 3.75. The number of anilines is 2. The van der Waals surface area contributed by atoms with Gasteiger partial charge in [0.05, 0.1) is 12.1 Å². The van der Waals surface area contributed by atoms with Crippen LogP contribution in [0.3, 0.4) is 0 Å². The van der Waals surface area contributed by atoms with Crippen LogP contribution in [0.25, 0.3) is 0 Å². The predicted octanol–water partition coefficient (Wildman–Crippen LogP) is 3.19. The zero-order valence-corrected chi connectivity index (χ0v) is 12.7. The summed E-state index contributed by atoms with van der Waals surface area (Å²) in [6.07, 6.45) is 0.162. The van der Waals surface area contributed by atoms with Crippen molar-refractivity contribution in [2.24, 2.45) is 0 Å². The van der Waals surface area contributed by atoms with Gasteiger partial charge in [-0.15, -0.1) is 0 Å². The van der Waals surface area contributed by atoms with Crippen molar-refractivity contribution in [1.29, 1.82) is 0 Å². The van der Waals surface area contributed by atoms with Crippen LogP contribution < -0.4 is 10.2 Å². The van der Waals surface area contributed by atoms with Gasteiger partial charge in [0.25, 0.3) is 5.91 Å². The highest BCUT2D eigenvalue weighted by molar-refractivity contribution is 9.10. The quantitative estimate of drug-likeness (QED) is 0.870. The molecule has 21 heavy (non-hydrogen) atoms. The second-order valence-electron chi connectivity index (χ2n) is 4.79. The number of benzene rings is 2. The van der Waals surface area contributed by atoms with Gasteiger partial charge < -0.3 is 5.32 Å². The van der Waals surface area contributed by atoms with Crippen LogP contribution in [0.1, 0.15) is 6.42 Å². The van der Waals surface area contributed by atoms with E-state index in [4.69, 9.17) is 0 Å². The maximum Gasteiger partial charge on any atom is 0.256 e. The molecule has 4 nitrogen and oxygen atoms in total. The van der Waals surface area contributed by atoms with E-state index in [2.05, 4.69) is 21.2 Å². The van der Waals surface area contributed by atoms with Gasteiger partial charge in [0.1, 0.15) is 6.04 Å². The minimum Gasteiger partial charge on any atom is -0.373 e. The molecule has 1 aliphatic rings. The van der Waals surface area contributed by atoms with Crippen LogP contribution in [0, 0.1) is 0 Å². The number of nitrogens with one attached hydrogen (secondary N) is 1. The molecule has 0 saturated carbocycles. The molecule has 0 aliphatic carbocycles. The monoisotopic (exact) mass is 344 g/mol. The first-order valence-electron chi connectivity index (χ1n) is 6.60. The molecule has 1 aliphatic heterocycles. The van der Waals surface area contributed by atoms with Gasteiger partial charge in [0.2, 0.25) is 5.91 Å². The summed E-state index contributed by atoms with van der Waals surface area (Å²) in [5.41, 5.74) is 1.42. The lowest BCUT2D eigenvalue weighted by Crippen LogP contribution is -2.35. The van der Waals surface area contributed by atoms with Crippen molar-refractivity contribution in [3.63, 3.8) is 0 Å². The zero-order chi connectivity index (χ0) is 14.8. The Balaban J connectivity index is 1.84. The van der Waals surface area contributed by atoms with Crippen LogP contribution in [0.4, 0.5) is 11.4 Å². The number of hydrogen-bond acceptors (Lipinski definition) is 3. The van der Waals surface area contributed by atoms with Crippen LogP contribution in [-0.2, 0) is 9.59 Å². The second kappa shape index (κ2) is 5.69. The lowest BCUT2D eigenvalue weighted by Gasteiger charge is -2.17. The molecule has 0 spiro atoms. The molecule has 0 radical (unpaired) electrons. The van der Waals surface area contributed by atoms with E-state index in [-0.39, 0.29) is 18.2 Å². The third-order valence-corrected chi connectivity index (χ3v) is 4.03. The smallest absolute Gasteiger partial charge is 0.256 e. The van der Waals surface area contributed by atoms with Gasteiger partial charge in [-0.3, -0.25) is 9.59 Å². The Hall–Kier alpha value is -2.14. The fraction of sp³-hybridized carbons (Fsp3) is 0.125. The Morgan fingerprint density at radius 1 is 1.00 bits per heavy atom. The molecule has 2 amide bonds. The van der Waals surface area contributed by atoms with Crippen LogP contribution in [0.2, 0.25) is 0 Å². The first-order valence-corrected chi connectivity index (χ1v) is 7.39. The highest BCUT2D eigenvalue weighted by Gasteiger charge is 2.40. The molecule has 0 bridgehead atoms. The van der Waals surface area contributed by atoms with Gasteiger partial charge in [-0.25, -0.2) is 4.90 Å². The lowest BCUT2D eigenvalue weighted by atomic mass is 10.2. The third-order valence-electron chi connectivity index (χ3n) is 3.35. The first-order chi connectivity index (χ1) is 10.2. The number of carbonyl (C=O) groups is 2. The minimum atomic E-state index is -0.521. The zero-order valence-electron chi connectivity index (χ0n) is 11.1. The Morgan fingerprint density at radius 3 is 2.38 bits per heavy atom. The summed E-state index contributed by atoms with van der Waals surface area (Å²) in [6.45, 7) is 0. The SMILES string of the molecule is O=C1CC(Nc2ccccc2)C(=O)N1c1ccccc1Br. The standard InChI is InChI=1S/C16H13BrN2O2/c17-12-8-4-5-9-14(12)19-15(20)10-13(16(19)21)18-11-6-2-1-3-7-11/h1-9,13,18H,10H2. The normalized spacial score (nSPS) is 18.1. The molecule has 1 atom stereocenters. The van der Waals surface area contributed by atoms with Crippen LogP contribution in [0.5, 0.6) is 0 Å². The predicted molar refractivity (Wildman–Crippen MR) is 85.1 cm³/mol. The van der Waals surface area contributed by atoms with Gasteiger partial charge in [-0.2, -0.15) is 0 Å². The van der Waals surface area contributed by atoms with E-state index in [1.165, 1.54) is 4.90 Å². The Labute approximate surface area is 130 Å². The molecule has 1 fully saturated rings. The van der Waals surface area contributed by atoms with Crippen LogP contribution in [0.15, 0.2) is 59.1 Å². The maximum atomic E-state index is 12.5. The molecule has 2 aromatic rings. The number of carbonyl (C=O) groups excluding carboxylic acids is 2. The number of halogens is 1. The summed E-state index contributed by atoms with van der Waals surface area (Å²) < 4.78 is 0.729. The fourth-order valence-corrected chi connectivity index (χ4v) is 2.83. The van der Waals surface area contributed by atoms with Crippen molar-refractivity contribution in [3.8, 4) is 0 Å². The summed E-state index contributed by atoms with van der Waals surface area (Å²) in [7, 11) is 0. The van der Waals surface area contributed by atoms with Crippen molar-refractivity contribution >= 4 is 39.1 Å². The Bertz CT molecular complexity index is 688. The topological polar surface area (TPSA) is 49.4 Å². The van der Waals surface area contributed by atoms with Gasteiger partial charge >= 0.3 is 0 Å². The van der Waals surface area contributed by atoms with E-state index in [9.17, 15) is 9.59 Å². The maximum absolute atomic E-state index is 12.5. The number of amides is 2. The van der Waals surface area contributed by atoms with Crippen molar-refractivity contribution in [1.82, 2.24) is 0 Å². The Morgan fingerprint density at radius 2 is 1.67 bits per heavy atom. The van der Waals surface area contributed by atoms with E-state index in [0.29, 0.717) is 5.69 Å². The van der Waals surface area contributed by atoms with Crippen molar-refractivity contribution < 1.29 is 9.59 Å². The molecule has 1 unspecified atom stereocenters. The molecular weight excluding hydrogens is 332 g/mol. The average molecular weight is 345 g/mol. The summed E-state index contributed by atoms with van der Waals surface area (Å²) in [5.74, 6) is -0.420. The summed E-state index contributed by atoms with van der Waals surface area (Å²) in [4.78, 5) is 25.9. The minimum absolute atomic E-state index is 0.162. The van der Waals surface area contributed by atoms with Crippen molar-refractivity contribution in [2.75, 3.05) is 10.2 Å². The summed E-state index contributed by atoms with van der Waals surface area (Å²) >= 11 is 3.38. The summed E-state index contributed by atoms with van der Waals surface area (Å²) in [6, 6.07) is 16.1. The molecule has 1 N–H and O–H groups in total. The van der Waals surface area contributed by atoms with E-state index < -0.39 is 6.04 Å².